The molecule has 0 radical (unpaired) electrons. The summed E-state index contributed by atoms with van der Waals surface area (Å²) in [5.74, 6) is 0. The Balaban J connectivity index is 2.91. The molecule has 0 aliphatic rings. The molecule has 1 N–H and O–H groups in total. The van der Waals surface area contributed by atoms with Crippen molar-refractivity contribution in [3.8, 4) is 0 Å². The van der Waals surface area contributed by atoms with Crippen LogP contribution in [0.5, 0.6) is 0 Å². The highest BCUT2D eigenvalue weighted by Crippen LogP contribution is 2.10. The molecule has 1 rings (SSSR count). The maximum Gasteiger partial charge on any atom is 0.169 e. The van der Waals surface area contributed by atoms with Crippen LogP contribution in [0.3, 0.4) is 0 Å². The van der Waals surface area contributed by atoms with Crippen LogP contribution >= 0.6 is 45.2 Å². The number of aldehydes is 1. The van der Waals surface area contributed by atoms with Gasteiger partial charge in [0.2, 0.25) is 0 Å². The van der Waals surface area contributed by atoms with Crippen LogP contribution in [0.25, 0.3) is 0 Å². The Morgan fingerprint density at radius 2 is 2.30 bits per heavy atom. The highest BCUT2D eigenvalue weighted by atomic mass is 127. The predicted octanol–water partition coefficient (Wildman–Crippen LogP) is 1.36. The molecule has 0 aromatic carbocycles. The number of imidazole rings is 1. The SMILES string of the molecule is O=CCc1[nH]c(I)nc1I. The molecular formula is C5H4I2N2O. The van der Waals surface area contributed by atoms with Gasteiger partial charge in [-0.1, -0.05) is 0 Å². The fourth-order valence-corrected chi connectivity index (χ4v) is 2.20. The normalized spacial score (nSPS) is 9.80. The van der Waals surface area contributed by atoms with Crippen molar-refractivity contribution in [2.45, 2.75) is 6.42 Å². The van der Waals surface area contributed by atoms with Crippen LogP contribution in [-0.2, 0) is 11.2 Å². The lowest BCUT2D eigenvalue weighted by molar-refractivity contribution is -0.107. The highest BCUT2D eigenvalue weighted by Gasteiger charge is 2.03. The van der Waals surface area contributed by atoms with Crippen molar-refractivity contribution in [1.29, 1.82) is 0 Å². The van der Waals surface area contributed by atoms with E-state index in [1.165, 1.54) is 0 Å². The van der Waals surface area contributed by atoms with Gasteiger partial charge >= 0.3 is 0 Å². The number of hydrogen-bond donors (Lipinski definition) is 1. The molecule has 1 heterocycles. The number of aromatic amines is 1. The van der Waals surface area contributed by atoms with Crippen LogP contribution in [0.15, 0.2) is 0 Å². The van der Waals surface area contributed by atoms with E-state index >= 15 is 0 Å². The third-order valence-corrected chi connectivity index (χ3v) is 2.39. The number of carbonyl (C=O) groups excluding carboxylic acids is 1. The van der Waals surface area contributed by atoms with Crippen molar-refractivity contribution in [2.75, 3.05) is 0 Å². The van der Waals surface area contributed by atoms with E-state index < -0.39 is 0 Å². The van der Waals surface area contributed by atoms with Gasteiger partial charge in [-0.15, -0.1) is 0 Å². The fraction of sp³-hybridized carbons (Fsp3) is 0.200. The van der Waals surface area contributed by atoms with Crippen molar-refractivity contribution in [3.63, 3.8) is 0 Å². The van der Waals surface area contributed by atoms with Gasteiger partial charge < -0.3 is 9.78 Å². The lowest BCUT2D eigenvalue weighted by Crippen LogP contribution is -1.87. The topological polar surface area (TPSA) is 45.8 Å². The zero-order valence-electron chi connectivity index (χ0n) is 4.90. The summed E-state index contributed by atoms with van der Waals surface area (Å²) >= 11 is 4.18. The van der Waals surface area contributed by atoms with Crippen LogP contribution in [0.2, 0.25) is 0 Å². The fourth-order valence-electron chi connectivity index (χ4n) is 0.576. The molecule has 0 amide bonds. The highest BCUT2D eigenvalue weighted by molar-refractivity contribution is 14.1. The number of nitrogens with zero attached hydrogens (tertiary/aromatic N) is 1. The first-order valence-electron chi connectivity index (χ1n) is 2.57. The number of H-pyrrole nitrogens is 1. The molecule has 0 fully saturated rings. The van der Waals surface area contributed by atoms with Crippen LogP contribution in [0.4, 0.5) is 0 Å². The first-order chi connectivity index (χ1) is 4.74. The molecule has 1 aromatic rings. The third-order valence-electron chi connectivity index (χ3n) is 0.987. The van der Waals surface area contributed by atoms with E-state index in [1.54, 1.807) is 0 Å². The minimum Gasteiger partial charge on any atom is -0.336 e. The monoisotopic (exact) mass is 362 g/mol. The molecule has 0 bridgehead atoms. The number of hydrogen-bond acceptors (Lipinski definition) is 2. The Labute approximate surface area is 85.3 Å². The molecule has 0 spiro atoms. The molecule has 0 aliphatic carbocycles. The average molecular weight is 362 g/mol. The molecule has 0 unspecified atom stereocenters. The van der Waals surface area contributed by atoms with Crippen molar-refractivity contribution in [3.05, 3.63) is 13.2 Å². The van der Waals surface area contributed by atoms with Gasteiger partial charge in [0.1, 0.15) is 9.99 Å². The first-order valence-corrected chi connectivity index (χ1v) is 4.73. The van der Waals surface area contributed by atoms with E-state index in [9.17, 15) is 4.79 Å². The molecule has 5 heteroatoms. The number of nitrogens with one attached hydrogen (secondary N) is 1. The molecular weight excluding hydrogens is 358 g/mol. The van der Waals surface area contributed by atoms with E-state index in [-0.39, 0.29) is 0 Å². The smallest absolute Gasteiger partial charge is 0.169 e. The molecule has 0 aliphatic heterocycles. The summed E-state index contributed by atoms with van der Waals surface area (Å²) in [7, 11) is 0. The summed E-state index contributed by atoms with van der Waals surface area (Å²) < 4.78 is 1.72. The Kier molecular flexibility index (Phi) is 3.08. The second-order valence-corrected chi connectivity index (χ2v) is 3.71. The molecule has 0 atom stereocenters. The van der Waals surface area contributed by atoms with Gasteiger partial charge in [-0.2, -0.15) is 0 Å². The maximum absolute atomic E-state index is 10.1. The summed E-state index contributed by atoms with van der Waals surface area (Å²) in [6, 6.07) is 0. The van der Waals surface area contributed by atoms with E-state index in [2.05, 4.69) is 55.1 Å². The standard InChI is InChI=1S/C5H4I2N2O/c6-4-3(1-2-10)8-5(7)9-4/h2H,1H2,(H,8,9). The van der Waals surface area contributed by atoms with E-state index in [4.69, 9.17) is 0 Å². The molecule has 10 heavy (non-hydrogen) atoms. The Bertz CT molecular complexity index is 246. The first kappa shape index (κ1) is 8.44. The second kappa shape index (κ2) is 3.65. The summed E-state index contributed by atoms with van der Waals surface area (Å²) in [4.78, 5) is 17.2. The third kappa shape index (κ3) is 1.91. The Morgan fingerprint density at radius 3 is 2.70 bits per heavy atom. The van der Waals surface area contributed by atoms with Gasteiger partial charge in [-0.25, -0.2) is 4.98 Å². The van der Waals surface area contributed by atoms with Crippen LogP contribution in [0.1, 0.15) is 5.69 Å². The van der Waals surface area contributed by atoms with Crippen LogP contribution in [-0.4, -0.2) is 16.3 Å². The number of carbonyl (C=O) groups is 1. The minimum atomic E-state index is 0.425. The van der Waals surface area contributed by atoms with Gasteiger partial charge in [0.25, 0.3) is 0 Å². The van der Waals surface area contributed by atoms with E-state index in [0.29, 0.717) is 6.42 Å². The van der Waals surface area contributed by atoms with Crippen molar-refractivity contribution < 1.29 is 4.79 Å². The number of rotatable bonds is 2. The van der Waals surface area contributed by atoms with Gasteiger partial charge in [0.15, 0.2) is 3.83 Å². The van der Waals surface area contributed by atoms with E-state index in [1.807, 2.05) is 0 Å². The van der Waals surface area contributed by atoms with Gasteiger partial charge in [0.05, 0.1) is 5.69 Å². The second-order valence-electron chi connectivity index (χ2n) is 1.67. The van der Waals surface area contributed by atoms with Crippen molar-refractivity contribution in [2.24, 2.45) is 0 Å². The zero-order chi connectivity index (χ0) is 7.56. The lowest BCUT2D eigenvalue weighted by atomic mass is 10.4. The molecule has 1 aromatic heterocycles. The zero-order valence-corrected chi connectivity index (χ0v) is 9.21. The number of halogens is 2. The molecule has 0 saturated heterocycles. The molecule has 3 nitrogen and oxygen atoms in total. The Morgan fingerprint density at radius 1 is 1.60 bits per heavy atom. The largest absolute Gasteiger partial charge is 0.336 e. The Hall–Kier alpha value is 0.340. The minimum absolute atomic E-state index is 0.425. The van der Waals surface area contributed by atoms with Gasteiger partial charge in [-0.3, -0.25) is 0 Å². The maximum atomic E-state index is 10.1. The number of aromatic nitrogens is 2. The van der Waals surface area contributed by atoms with Crippen LogP contribution < -0.4 is 0 Å². The summed E-state index contributed by atoms with van der Waals surface area (Å²) in [6.45, 7) is 0. The summed E-state index contributed by atoms with van der Waals surface area (Å²) in [6.07, 6.45) is 1.29. The average Bonchev–Trinajstić information content (AvgIpc) is 2.13. The molecule has 54 valence electrons. The van der Waals surface area contributed by atoms with Crippen molar-refractivity contribution >= 4 is 51.5 Å². The van der Waals surface area contributed by atoms with Crippen LogP contribution in [0, 0.1) is 7.53 Å². The summed E-state index contributed by atoms with van der Waals surface area (Å²) in [5.41, 5.74) is 0.903. The quantitative estimate of drug-likeness (QED) is 0.638. The van der Waals surface area contributed by atoms with Gasteiger partial charge in [0, 0.05) is 6.42 Å². The van der Waals surface area contributed by atoms with E-state index in [0.717, 1.165) is 19.5 Å². The predicted molar refractivity (Wildman–Crippen MR) is 53.8 cm³/mol. The van der Waals surface area contributed by atoms with Gasteiger partial charge in [-0.05, 0) is 45.2 Å². The van der Waals surface area contributed by atoms with Crippen molar-refractivity contribution in [1.82, 2.24) is 9.97 Å². The lowest BCUT2D eigenvalue weighted by Gasteiger charge is -1.85. The molecule has 0 saturated carbocycles. The summed E-state index contributed by atoms with van der Waals surface area (Å²) in [5, 5.41) is 0.